The summed E-state index contributed by atoms with van der Waals surface area (Å²) in [6.45, 7) is 4.30. The largest absolute Gasteiger partial charge is 1.00 e. The molecule has 0 N–H and O–H groups in total. The fourth-order valence-corrected chi connectivity index (χ4v) is 0.828. The summed E-state index contributed by atoms with van der Waals surface area (Å²) < 4.78 is 0. The molecule has 8 heavy (non-hydrogen) atoms. The Morgan fingerprint density at radius 2 is 2.00 bits per heavy atom. The van der Waals surface area contributed by atoms with Gasteiger partial charge in [0.05, 0.1) is 0 Å². The molecule has 0 aromatic rings. The van der Waals surface area contributed by atoms with Crippen molar-refractivity contribution in [3.8, 4) is 0 Å². The van der Waals surface area contributed by atoms with Gasteiger partial charge >= 0.3 is 18.9 Å². The van der Waals surface area contributed by atoms with Crippen molar-refractivity contribution in [2.75, 3.05) is 0 Å². The monoisotopic (exact) mass is 101 g/mol. The van der Waals surface area contributed by atoms with E-state index in [0.717, 1.165) is 0 Å². The minimum Gasteiger partial charge on any atom is -0.0775 e. The maximum atomic E-state index is 2.25. The second kappa shape index (κ2) is 3.17. The van der Waals surface area contributed by atoms with Gasteiger partial charge in [-0.25, -0.2) is 0 Å². The minimum atomic E-state index is 0. The molecular weight excluding hydrogens is 91.0 g/mol. The molecule has 0 unspecified atom stereocenters. The van der Waals surface area contributed by atoms with E-state index in [2.05, 4.69) is 26.0 Å². The van der Waals surface area contributed by atoms with Crippen molar-refractivity contribution in [2.24, 2.45) is 0 Å². The molecule has 0 atom stereocenters. The summed E-state index contributed by atoms with van der Waals surface area (Å²) in [6, 6.07) is 0. The number of allylic oxidation sites excluding steroid dienone is 4. The zero-order valence-electron chi connectivity index (χ0n) is 5.86. The standard InChI is InChI=1S/C7H10.Li/c1-6-3-4-7(2)5-6;/h3,5H,4H2,1-2H3;/q;+1. The maximum absolute atomic E-state index is 2.25. The zero-order chi connectivity index (χ0) is 5.28. The first-order valence-corrected chi connectivity index (χ1v) is 2.63. The van der Waals surface area contributed by atoms with Crippen LogP contribution in [0.25, 0.3) is 0 Å². The van der Waals surface area contributed by atoms with Gasteiger partial charge in [-0.2, -0.15) is 0 Å². The van der Waals surface area contributed by atoms with E-state index in [4.69, 9.17) is 0 Å². The Labute approximate surface area is 62.8 Å². The Morgan fingerprint density at radius 1 is 1.38 bits per heavy atom. The van der Waals surface area contributed by atoms with Crippen molar-refractivity contribution in [1.29, 1.82) is 0 Å². The molecule has 0 nitrogen and oxygen atoms in total. The SMILES string of the molecule is CC1=CCC(C)=C1.[Li+]. The van der Waals surface area contributed by atoms with Gasteiger partial charge in [-0.05, 0) is 20.3 Å². The minimum absolute atomic E-state index is 0. The van der Waals surface area contributed by atoms with Crippen LogP contribution in [0.1, 0.15) is 20.3 Å². The third-order valence-corrected chi connectivity index (χ3v) is 1.22. The van der Waals surface area contributed by atoms with E-state index in [1.165, 1.54) is 17.6 Å². The van der Waals surface area contributed by atoms with E-state index in [9.17, 15) is 0 Å². The molecule has 0 saturated heterocycles. The van der Waals surface area contributed by atoms with Crippen LogP contribution < -0.4 is 18.9 Å². The third kappa shape index (κ3) is 1.90. The molecule has 0 aromatic heterocycles. The average molecular weight is 101 g/mol. The second-order valence-corrected chi connectivity index (χ2v) is 2.14. The van der Waals surface area contributed by atoms with Crippen molar-refractivity contribution in [1.82, 2.24) is 0 Å². The molecule has 0 fully saturated rings. The number of hydrogen-bond donors (Lipinski definition) is 0. The first-order valence-electron chi connectivity index (χ1n) is 2.63. The Bertz CT molecular complexity index is 131. The van der Waals surface area contributed by atoms with Gasteiger partial charge in [0.25, 0.3) is 0 Å². The van der Waals surface area contributed by atoms with E-state index in [-0.39, 0.29) is 18.9 Å². The van der Waals surface area contributed by atoms with Crippen LogP contribution in [0, 0.1) is 0 Å². The van der Waals surface area contributed by atoms with Gasteiger partial charge in [0.1, 0.15) is 0 Å². The Morgan fingerprint density at radius 3 is 2.12 bits per heavy atom. The van der Waals surface area contributed by atoms with Crippen LogP contribution in [0.4, 0.5) is 0 Å². The van der Waals surface area contributed by atoms with Gasteiger partial charge in [-0.3, -0.25) is 0 Å². The summed E-state index contributed by atoms with van der Waals surface area (Å²) in [6.07, 6.45) is 5.64. The van der Waals surface area contributed by atoms with Crippen LogP contribution in [0.5, 0.6) is 0 Å². The zero-order valence-corrected chi connectivity index (χ0v) is 5.86. The van der Waals surface area contributed by atoms with Crippen molar-refractivity contribution in [3.63, 3.8) is 0 Å². The molecule has 1 aliphatic rings. The topological polar surface area (TPSA) is 0 Å². The number of hydrogen-bond acceptors (Lipinski definition) is 0. The summed E-state index contributed by atoms with van der Waals surface area (Å²) in [7, 11) is 0. The molecule has 1 rings (SSSR count). The number of rotatable bonds is 0. The van der Waals surface area contributed by atoms with E-state index < -0.39 is 0 Å². The first-order chi connectivity index (χ1) is 3.29. The molecule has 38 valence electrons. The van der Waals surface area contributed by atoms with Crippen LogP contribution in [0.3, 0.4) is 0 Å². The van der Waals surface area contributed by atoms with Gasteiger partial charge in [0.2, 0.25) is 0 Å². The molecule has 0 bridgehead atoms. The molecule has 0 saturated carbocycles. The molecular formula is C7H10Li+. The van der Waals surface area contributed by atoms with Gasteiger partial charge < -0.3 is 0 Å². The summed E-state index contributed by atoms with van der Waals surface area (Å²) in [5.74, 6) is 0. The summed E-state index contributed by atoms with van der Waals surface area (Å²) >= 11 is 0. The third-order valence-electron chi connectivity index (χ3n) is 1.22. The quantitative estimate of drug-likeness (QED) is 0.353. The van der Waals surface area contributed by atoms with E-state index in [1.807, 2.05) is 0 Å². The normalized spacial score (nSPS) is 16.8. The molecule has 0 radical (unpaired) electrons. The van der Waals surface area contributed by atoms with Crippen LogP contribution in [0.15, 0.2) is 23.3 Å². The Balaban J connectivity index is 0.000000490. The fourth-order valence-electron chi connectivity index (χ4n) is 0.828. The van der Waals surface area contributed by atoms with Crippen molar-refractivity contribution in [3.05, 3.63) is 23.3 Å². The Hall–Kier alpha value is 0.0774. The smallest absolute Gasteiger partial charge is 0.0775 e. The van der Waals surface area contributed by atoms with Crippen LogP contribution >= 0.6 is 0 Å². The first kappa shape index (κ1) is 8.08. The summed E-state index contributed by atoms with van der Waals surface area (Å²) in [5, 5.41) is 0. The van der Waals surface area contributed by atoms with Gasteiger partial charge in [-0.1, -0.05) is 23.3 Å². The average Bonchev–Trinajstić information content (AvgIpc) is 1.87. The molecule has 0 aliphatic heterocycles. The van der Waals surface area contributed by atoms with Gasteiger partial charge in [0.15, 0.2) is 0 Å². The molecule has 0 spiro atoms. The maximum Gasteiger partial charge on any atom is 1.00 e. The van der Waals surface area contributed by atoms with Crippen molar-refractivity contribution in [2.45, 2.75) is 20.3 Å². The predicted molar refractivity (Wildman–Crippen MR) is 32.1 cm³/mol. The van der Waals surface area contributed by atoms with Crippen LogP contribution in [-0.4, -0.2) is 0 Å². The van der Waals surface area contributed by atoms with Crippen molar-refractivity contribution >= 4 is 0 Å². The Kier molecular flexibility index (Phi) is 3.20. The van der Waals surface area contributed by atoms with E-state index in [1.54, 1.807) is 0 Å². The second-order valence-electron chi connectivity index (χ2n) is 2.14. The summed E-state index contributed by atoms with van der Waals surface area (Å²) in [5.41, 5.74) is 2.90. The molecule has 0 aromatic carbocycles. The molecule has 1 aliphatic carbocycles. The fraction of sp³-hybridized carbons (Fsp3) is 0.429. The van der Waals surface area contributed by atoms with E-state index >= 15 is 0 Å². The van der Waals surface area contributed by atoms with E-state index in [0.29, 0.717) is 0 Å². The molecule has 0 amide bonds. The van der Waals surface area contributed by atoms with Gasteiger partial charge in [-0.15, -0.1) is 0 Å². The predicted octanol–water partition coefficient (Wildman–Crippen LogP) is -0.713. The summed E-state index contributed by atoms with van der Waals surface area (Å²) in [4.78, 5) is 0. The molecule has 0 heterocycles. The molecule has 1 heteroatoms. The van der Waals surface area contributed by atoms with Crippen LogP contribution in [0.2, 0.25) is 0 Å². The van der Waals surface area contributed by atoms with Crippen molar-refractivity contribution < 1.29 is 18.9 Å². The van der Waals surface area contributed by atoms with Gasteiger partial charge in [0, 0.05) is 0 Å². The van der Waals surface area contributed by atoms with Crippen LogP contribution in [-0.2, 0) is 0 Å².